The lowest BCUT2D eigenvalue weighted by molar-refractivity contribution is -0.112. The number of phenols is 1. The van der Waals surface area contributed by atoms with E-state index < -0.39 is 29.4 Å². The van der Waals surface area contributed by atoms with E-state index >= 15 is 0 Å². The molecule has 0 saturated heterocycles. The van der Waals surface area contributed by atoms with Gasteiger partial charge in [-0.3, -0.25) is 14.9 Å². The van der Waals surface area contributed by atoms with Crippen molar-refractivity contribution >= 4 is 61.1 Å². The first-order chi connectivity index (χ1) is 17.5. The first-order valence-corrected chi connectivity index (χ1v) is 12.7. The predicted molar refractivity (Wildman–Crippen MR) is 149 cm³/mol. The number of phenolic OH excluding ortho intramolecular Hbond substituents is 1. The molecule has 192 valence electrons. The highest BCUT2D eigenvalue weighted by Crippen LogP contribution is 2.45. The van der Waals surface area contributed by atoms with Gasteiger partial charge in [0.2, 0.25) is 5.91 Å². The van der Waals surface area contributed by atoms with Crippen LogP contribution in [0.15, 0.2) is 87.8 Å². The summed E-state index contributed by atoms with van der Waals surface area (Å²) in [5, 5.41) is 15.7. The number of nitrogens with two attached hydrogens (primary N) is 1. The number of alkyl carbamates (subject to hydrolysis) is 1. The summed E-state index contributed by atoms with van der Waals surface area (Å²) in [6, 6.07) is 18.3. The van der Waals surface area contributed by atoms with Gasteiger partial charge in [0.15, 0.2) is 0 Å². The lowest BCUT2D eigenvalue weighted by atomic mass is 9.81. The van der Waals surface area contributed by atoms with Crippen LogP contribution < -0.4 is 16.4 Å². The third-order valence-corrected chi connectivity index (χ3v) is 6.44. The molecule has 0 fully saturated rings. The van der Waals surface area contributed by atoms with Gasteiger partial charge >= 0.3 is 6.09 Å². The number of carbonyl (C=O) groups excluding carboxylic acids is 3. The highest BCUT2D eigenvalue weighted by Gasteiger charge is 2.35. The fraction of sp³-hybridized carbons (Fsp3) is 0.148. The number of amides is 3. The number of rotatable bonds is 7. The molecule has 37 heavy (non-hydrogen) atoms. The minimum atomic E-state index is -1.10. The van der Waals surface area contributed by atoms with Crippen LogP contribution in [-0.2, 0) is 9.53 Å². The summed E-state index contributed by atoms with van der Waals surface area (Å²) in [5.41, 5.74) is 6.26. The van der Waals surface area contributed by atoms with Crippen molar-refractivity contribution in [3.63, 3.8) is 0 Å². The number of imide groups is 1. The van der Waals surface area contributed by atoms with E-state index in [2.05, 4.69) is 42.5 Å². The number of para-hydroxylation sites is 2. The monoisotopic (exact) mass is 629 g/mol. The Bertz CT molecular complexity index is 1340. The smallest absolute Gasteiger partial charge is 0.414 e. The van der Waals surface area contributed by atoms with Crippen molar-refractivity contribution in [2.24, 2.45) is 5.41 Å². The van der Waals surface area contributed by atoms with Gasteiger partial charge in [-0.1, -0.05) is 66.2 Å². The maximum Gasteiger partial charge on any atom is 0.414 e. The highest BCUT2D eigenvalue weighted by molar-refractivity contribution is 9.11. The van der Waals surface area contributed by atoms with E-state index in [4.69, 9.17) is 10.5 Å². The molecule has 1 atom stereocenters. The highest BCUT2D eigenvalue weighted by atomic mass is 79.9. The number of ether oxygens (including phenoxy) is 1. The Labute approximate surface area is 231 Å². The van der Waals surface area contributed by atoms with Gasteiger partial charge in [0.1, 0.15) is 11.9 Å². The van der Waals surface area contributed by atoms with Crippen molar-refractivity contribution in [2.45, 2.75) is 20.0 Å². The second-order valence-electron chi connectivity index (χ2n) is 8.66. The first-order valence-electron chi connectivity index (χ1n) is 11.1. The Hall–Kier alpha value is -3.63. The molecule has 0 aromatic heterocycles. The van der Waals surface area contributed by atoms with Crippen LogP contribution in [0, 0.1) is 5.41 Å². The Morgan fingerprint density at radius 2 is 1.68 bits per heavy atom. The van der Waals surface area contributed by atoms with Crippen LogP contribution >= 0.6 is 31.9 Å². The summed E-state index contributed by atoms with van der Waals surface area (Å²) in [4.78, 5) is 37.8. The van der Waals surface area contributed by atoms with Crippen LogP contribution in [-0.4, -0.2) is 23.0 Å². The van der Waals surface area contributed by atoms with Gasteiger partial charge in [-0.05, 0) is 58.4 Å². The van der Waals surface area contributed by atoms with Gasteiger partial charge in [0.05, 0.1) is 15.8 Å². The van der Waals surface area contributed by atoms with Crippen molar-refractivity contribution in [1.82, 2.24) is 5.32 Å². The summed E-state index contributed by atoms with van der Waals surface area (Å²) < 4.78 is 6.65. The van der Waals surface area contributed by atoms with Gasteiger partial charge in [0.25, 0.3) is 5.91 Å². The number of halogens is 2. The van der Waals surface area contributed by atoms with Crippen LogP contribution in [0.4, 0.5) is 16.2 Å². The van der Waals surface area contributed by atoms with Crippen LogP contribution in [0.1, 0.15) is 35.9 Å². The molecule has 0 heterocycles. The van der Waals surface area contributed by atoms with Crippen LogP contribution in [0.3, 0.4) is 0 Å². The SMILES string of the molecule is CC(C)(/C=C/C(=O)Nc1ccccc1N)[C@H](OC(=O)NC(=O)c1ccccc1)c1cc(Br)cc(Br)c1O. The van der Waals surface area contributed by atoms with E-state index in [9.17, 15) is 19.5 Å². The van der Waals surface area contributed by atoms with E-state index in [1.807, 2.05) is 0 Å². The normalized spacial score (nSPS) is 12.1. The zero-order valence-electron chi connectivity index (χ0n) is 20.0. The number of nitrogen functional groups attached to an aromatic ring is 1. The molecule has 10 heteroatoms. The number of aromatic hydroxyl groups is 1. The molecule has 0 spiro atoms. The minimum absolute atomic E-state index is 0.154. The molecule has 3 aromatic rings. The Balaban J connectivity index is 1.88. The summed E-state index contributed by atoms with van der Waals surface area (Å²) in [5.74, 6) is -1.25. The minimum Gasteiger partial charge on any atom is -0.506 e. The molecular weight excluding hydrogens is 606 g/mol. The second-order valence-corrected chi connectivity index (χ2v) is 10.4. The number of benzene rings is 3. The van der Waals surface area contributed by atoms with E-state index in [-0.39, 0.29) is 16.9 Å². The summed E-state index contributed by atoms with van der Waals surface area (Å²) in [6.07, 6.45) is 0.722. The fourth-order valence-electron chi connectivity index (χ4n) is 3.46. The molecule has 0 aliphatic carbocycles. The van der Waals surface area contributed by atoms with Crippen LogP contribution in [0.2, 0.25) is 0 Å². The number of nitrogens with one attached hydrogen (secondary N) is 2. The van der Waals surface area contributed by atoms with Gasteiger partial charge in [-0.25, -0.2) is 4.79 Å². The number of carbonyl (C=O) groups is 3. The van der Waals surface area contributed by atoms with Crippen LogP contribution in [0.25, 0.3) is 0 Å². The first kappa shape index (κ1) is 27.9. The molecule has 0 radical (unpaired) electrons. The molecule has 0 aliphatic heterocycles. The summed E-state index contributed by atoms with van der Waals surface area (Å²) in [7, 11) is 0. The van der Waals surface area contributed by atoms with Crippen LogP contribution in [0.5, 0.6) is 5.75 Å². The number of anilines is 2. The Morgan fingerprint density at radius 3 is 2.35 bits per heavy atom. The molecule has 0 saturated carbocycles. The van der Waals surface area contributed by atoms with Crippen molar-refractivity contribution in [3.05, 3.63) is 99.0 Å². The topological polar surface area (TPSA) is 131 Å². The largest absolute Gasteiger partial charge is 0.506 e. The quantitative estimate of drug-likeness (QED) is 0.178. The van der Waals surface area contributed by atoms with E-state index in [1.54, 1.807) is 86.7 Å². The molecule has 3 rings (SSSR count). The molecule has 3 amide bonds. The zero-order valence-corrected chi connectivity index (χ0v) is 23.2. The predicted octanol–water partition coefficient (Wildman–Crippen LogP) is 6.33. The standard InChI is InChI=1S/C27H25Br2N3O5/c1-27(2,13-12-22(33)31-21-11-7-6-10-20(21)30)24(18-14-17(28)15-19(29)23(18)34)37-26(36)32-25(35)16-8-4-3-5-9-16/h3-15,24,34H,30H2,1-2H3,(H,31,33)(H,32,35,36)/b13-12+/t24-/m1/s1. The summed E-state index contributed by atoms with van der Waals surface area (Å²) >= 11 is 6.67. The van der Waals surface area contributed by atoms with Gasteiger partial charge in [0, 0.05) is 21.0 Å². The lowest BCUT2D eigenvalue weighted by Crippen LogP contribution is -2.35. The number of hydrogen-bond acceptors (Lipinski definition) is 6. The zero-order chi connectivity index (χ0) is 27.2. The average molecular weight is 631 g/mol. The maximum absolute atomic E-state index is 12.8. The van der Waals surface area contributed by atoms with E-state index in [0.29, 0.717) is 20.3 Å². The van der Waals surface area contributed by atoms with Crippen molar-refractivity contribution in [3.8, 4) is 5.75 Å². The van der Waals surface area contributed by atoms with Crippen molar-refractivity contribution in [1.29, 1.82) is 0 Å². The van der Waals surface area contributed by atoms with Crippen molar-refractivity contribution < 1.29 is 24.2 Å². The molecule has 3 aromatic carbocycles. The molecule has 0 bridgehead atoms. The Kier molecular flexibility index (Phi) is 9.12. The third kappa shape index (κ3) is 7.43. The third-order valence-electron chi connectivity index (χ3n) is 5.38. The average Bonchev–Trinajstić information content (AvgIpc) is 2.85. The number of hydrogen-bond donors (Lipinski definition) is 4. The molecule has 0 unspecified atom stereocenters. The molecular formula is C27H25Br2N3O5. The van der Waals surface area contributed by atoms with Crippen molar-refractivity contribution in [2.75, 3.05) is 11.1 Å². The van der Waals surface area contributed by atoms with E-state index in [0.717, 1.165) is 0 Å². The van der Waals surface area contributed by atoms with Gasteiger partial charge < -0.3 is 20.9 Å². The maximum atomic E-state index is 12.8. The fourth-order valence-corrected chi connectivity index (χ4v) is 4.71. The molecule has 0 aliphatic rings. The van der Waals surface area contributed by atoms with E-state index in [1.165, 1.54) is 6.08 Å². The molecule has 5 N–H and O–H groups in total. The van der Waals surface area contributed by atoms with Gasteiger partial charge in [-0.15, -0.1) is 0 Å². The molecule has 8 nitrogen and oxygen atoms in total. The van der Waals surface area contributed by atoms with Gasteiger partial charge in [-0.2, -0.15) is 0 Å². The second kappa shape index (κ2) is 12.1. The summed E-state index contributed by atoms with van der Waals surface area (Å²) in [6.45, 7) is 3.44. The lowest BCUT2D eigenvalue weighted by Gasteiger charge is -2.32. The Morgan fingerprint density at radius 1 is 1.03 bits per heavy atom.